The van der Waals surface area contributed by atoms with E-state index in [9.17, 15) is 19.5 Å². The van der Waals surface area contributed by atoms with Crippen LogP contribution in [0.2, 0.25) is 0 Å². The zero-order chi connectivity index (χ0) is 30.0. The molecule has 4 N–H and O–H groups in total. The average molecular weight is 551 g/mol. The molecule has 0 fully saturated rings. The van der Waals surface area contributed by atoms with Crippen LogP contribution in [0.25, 0.3) is 0 Å². The Balaban J connectivity index is 1.87. The maximum absolute atomic E-state index is 13.6. The molecular weight excluding hydrogens is 508 g/mol. The molecule has 2 aromatic rings. The Labute approximate surface area is 236 Å². The molecule has 0 atom stereocenters. The summed E-state index contributed by atoms with van der Waals surface area (Å²) in [6.07, 6.45) is 0. The number of Topliss-reactive ketones (excluding diaryl/α,β-unsaturated/α-hetero) is 1. The summed E-state index contributed by atoms with van der Waals surface area (Å²) in [5, 5.41) is 25.2. The lowest BCUT2D eigenvalue weighted by Gasteiger charge is -2.28. The van der Waals surface area contributed by atoms with Crippen LogP contribution in [0.1, 0.15) is 98.4 Å². The third-order valence-corrected chi connectivity index (χ3v) is 6.85. The largest absolute Gasteiger partial charge is 0.507 e. The van der Waals surface area contributed by atoms with Crippen molar-refractivity contribution in [3.8, 4) is 11.5 Å². The summed E-state index contributed by atoms with van der Waals surface area (Å²) in [6, 6.07) is 6.92. The molecular formula is C31H42N4O5. The lowest BCUT2D eigenvalue weighted by molar-refractivity contribution is -0.118. The van der Waals surface area contributed by atoms with E-state index in [1.54, 1.807) is 29.2 Å². The first-order valence-corrected chi connectivity index (χ1v) is 13.6. The van der Waals surface area contributed by atoms with Crippen molar-refractivity contribution < 1.29 is 24.2 Å². The van der Waals surface area contributed by atoms with Crippen molar-refractivity contribution in [2.45, 2.75) is 72.8 Å². The average Bonchev–Trinajstić information content (AvgIpc) is 3.13. The number of ketones is 1. The van der Waals surface area contributed by atoms with Gasteiger partial charge in [-0.25, -0.2) is 0 Å². The van der Waals surface area contributed by atoms with Crippen molar-refractivity contribution in [3.63, 3.8) is 0 Å². The molecule has 2 amide bonds. The summed E-state index contributed by atoms with van der Waals surface area (Å²) < 4.78 is 5.74. The maximum Gasteiger partial charge on any atom is 0.255 e. The number of rotatable bonds is 9. The number of nitrogens with one attached hydrogen (secondary N) is 3. The fraction of sp³-hybridized carbons (Fsp3) is 0.484. The van der Waals surface area contributed by atoms with Gasteiger partial charge in [-0.15, -0.1) is 0 Å². The predicted molar refractivity (Wildman–Crippen MR) is 156 cm³/mol. The first-order valence-electron chi connectivity index (χ1n) is 13.6. The number of hydrogen-bond acceptors (Lipinski definition) is 6. The van der Waals surface area contributed by atoms with Gasteiger partial charge in [-0.3, -0.25) is 19.8 Å². The molecule has 0 saturated heterocycles. The smallest absolute Gasteiger partial charge is 0.255 e. The number of phenols is 1. The minimum Gasteiger partial charge on any atom is -0.507 e. The normalized spacial score (nSPS) is 13.2. The van der Waals surface area contributed by atoms with Crippen LogP contribution in [0.15, 0.2) is 24.3 Å². The highest BCUT2D eigenvalue weighted by molar-refractivity contribution is 6.07. The van der Waals surface area contributed by atoms with E-state index >= 15 is 0 Å². The maximum atomic E-state index is 13.6. The number of phenolic OH excluding ortho intramolecular Hbond substituents is 1. The van der Waals surface area contributed by atoms with Crippen LogP contribution in [-0.2, 0) is 22.2 Å². The molecule has 0 saturated carbocycles. The fourth-order valence-electron chi connectivity index (χ4n) is 4.73. The number of carbonyl (C=O) groups is 3. The molecule has 1 heterocycles. The summed E-state index contributed by atoms with van der Waals surface area (Å²) in [7, 11) is 0. The summed E-state index contributed by atoms with van der Waals surface area (Å²) in [4.78, 5) is 39.3. The zero-order valence-electron chi connectivity index (χ0n) is 24.9. The molecule has 9 nitrogen and oxygen atoms in total. The summed E-state index contributed by atoms with van der Waals surface area (Å²) in [6.45, 7) is 16.5. The highest BCUT2D eigenvalue weighted by Crippen LogP contribution is 2.40. The second kappa shape index (κ2) is 11.7. The molecule has 2 aromatic carbocycles. The third-order valence-electron chi connectivity index (χ3n) is 6.85. The molecule has 0 spiro atoms. The highest BCUT2D eigenvalue weighted by atomic mass is 16.5. The SMILES string of the molecule is CCOc1cc2c(cc1C(=O)NCCNC(C)=O)C(=N)N(CC(=O)c1cc(C(C)(C)C)c(O)c(C(C)(C)C)c1)C2. The first-order chi connectivity index (χ1) is 18.5. The highest BCUT2D eigenvalue weighted by Gasteiger charge is 2.31. The minimum absolute atomic E-state index is 0.0202. The molecule has 216 valence electrons. The van der Waals surface area contributed by atoms with Crippen LogP contribution >= 0.6 is 0 Å². The topological polar surface area (TPSA) is 132 Å². The molecule has 40 heavy (non-hydrogen) atoms. The monoisotopic (exact) mass is 550 g/mol. The van der Waals surface area contributed by atoms with Gasteiger partial charge in [0.2, 0.25) is 5.91 Å². The van der Waals surface area contributed by atoms with E-state index in [1.165, 1.54) is 6.92 Å². The molecule has 9 heteroatoms. The summed E-state index contributed by atoms with van der Waals surface area (Å²) >= 11 is 0. The molecule has 3 rings (SSSR count). The number of carbonyl (C=O) groups excluding carboxylic acids is 3. The third kappa shape index (κ3) is 6.81. The van der Waals surface area contributed by atoms with Crippen LogP contribution in [0, 0.1) is 5.41 Å². The van der Waals surface area contributed by atoms with Crippen LogP contribution in [0.5, 0.6) is 11.5 Å². The molecule has 1 aliphatic heterocycles. The van der Waals surface area contributed by atoms with Gasteiger partial charge < -0.3 is 25.4 Å². The van der Waals surface area contributed by atoms with E-state index in [4.69, 9.17) is 10.1 Å². The Morgan fingerprint density at radius 2 is 1.55 bits per heavy atom. The van der Waals surface area contributed by atoms with Crippen molar-refractivity contribution in [2.75, 3.05) is 26.2 Å². The standard InChI is InChI=1S/C31H42N4O5/c1-9-40-26-14-20-16-35(28(32)21(20)15-22(26)29(39)34-11-10-33-18(2)36)17-25(37)19-12-23(30(3,4)5)27(38)24(13-19)31(6,7)8/h12-15,32,38H,9-11,16-17H2,1-8H3,(H,33,36)(H,34,39). The number of aromatic hydroxyl groups is 1. The first kappa shape index (κ1) is 30.7. The van der Waals surface area contributed by atoms with Crippen molar-refractivity contribution in [1.82, 2.24) is 15.5 Å². The second-order valence-corrected chi connectivity index (χ2v) is 12.2. The van der Waals surface area contributed by atoms with Crippen LogP contribution in [-0.4, -0.2) is 59.7 Å². The van der Waals surface area contributed by atoms with E-state index in [1.807, 2.05) is 48.5 Å². The van der Waals surface area contributed by atoms with Gasteiger partial charge in [0.05, 0.1) is 18.7 Å². The predicted octanol–water partition coefficient (Wildman–Crippen LogP) is 4.28. The lowest BCUT2D eigenvalue weighted by atomic mass is 9.78. The quantitative estimate of drug-likeness (QED) is 0.272. The Bertz CT molecular complexity index is 1300. The van der Waals surface area contributed by atoms with Gasteiger partial charge in [-0.05, 0) is 47.6 Å². The van der Waals surface area contributed by atoms with Crippen molar-refractivity contribution in [1.29, 1.82) is 5.41 Å². The Morgan fingerprint density at radius 3 is 2.08 bits per heavy atom. The number of hydrogen-bond donors (Lipinski definition) is 4. The summed E-state index contributed by atoms with van der Waals surface area (Å²) in [5.41, 5.74) is 2.83. The number of benzene rings is 2. The number of amidine groups is 1. The molecule has 0 unspecified atom stereocenters. The van der Waals surface area contributed by atoms with E-state index in [0.29, 0.717) is 53.3 Å². The van der Waals surface area contributed by atoms with Gasteiger partial charge in [0, 0.05) is 48.8 Å². The van der Waals surface area contributed by atoms with Gasteiger partial charge in [-0.2, -0.15) is 0 Å². The lowest BCUT2D eigenvalue weighted by Crippen LogP contribution is -2.34. The van der Waals surface area contributed by atoms with Crippen LogP contribution in [0.4, 0.5) is 0 Å². The van der Waals surface area contributed by atoms with Gasteiger partial charge in [0.1, 0.15) is 17.3 Å². The Hall–Kier alpha value is -3.88. The fourth-order valence-corrected chi connectivity index (χ4v) is 4.73. The zero-order valence-corrected chi connectivity index (χ0v) is 24.9. The molecule has 0 radical (unpaired) electrons. The van der Waals surface area contributed by atoms with E-state index in [2.05, 4.69) is 10.6 Å². The number of ether oxygens (including phenoxy) is 1. The van der Waals surface area contributed by atoms with Crippen LogP contribution in [0.3, 0.4) is 0 Å². The molecule has 1 aliphatic rings. The van der Waals surface area contributed by atoms with E-state index in [0.717, 1.165) is 5.56 Å². The van der Waals surface area contributed by atoms with Gasteiger partial charge >= 0.3 is 0 Å². The Morgan fingerprint density at radius 1 is 0.975 bits per heavy atom. The Kier molecular flexibility index (Phi) is 8.97. The molecule has 0 bridgehead atoms. The molecule has 0 aliphatic carbocycles. The van der Waals surface area contributed by atoms with Crippen molar-refractivity contribution in [3.05, 3.63) is 57.6 Å². The minimum atomic E-state index is -0.369. The van der Waals surface area contributed by atoms with Gasteiger partial charge in [0.25, 0.3) is 5.91 Å². The number of amides is 2. The van der Waals surface area contributed by atoms with Gasteiger partial charge in [-0.1, -0.05) is 41.5 Å². The van der Waals surface area contributed by atoms with E-state index < -0.39 is 0 Å². The second-order valence-electron chi connectivity index (χ2n) is 12.2. The van der Waals surface area contributed by atoms with Crippen LogP contribution < -0.4 is 15.4 Å². The summed E-state index contributed by atoms with van der Waals surface area (Å²) in [5.74, 6) is 0.0691. The number of nitrogens with zero attached hydrogens (tertiary/aromatic N) is 1. The van der Waals surface area contributed by atoms with Crippen molar-refractivity contribution in [2.24, 2.45) is 0 Å². The van der Waals surface area contributed by atoms with Gasteiger partial charge in [0.15, 0.2) is 5.78 Å². The molecule has 0 aromatic heterocycles. The number of fused-ring (bicyclic) bond motifs is 1. The van der Waals surface area contributed by atoms with Crippen molar-refractivity contribution >= 4 is 23.4 Å². The van der Waals surface area contributed by atoms with E-state index in [-0.39, 0.29) is 53.1 Å².